The Morgan fingerprint density at radius 3 is 2.80 bits per heavy atom. The van der Waals surface area contributed by atoms with Gasteiger partial charge in [-0.15, -0.1) is 0 Å². The van der Waals surface area contributed by atoms with E-state index >= 15 is 0 Å². The molecule has 0 spiro atoms. The molecule has 2 rings (SSSR count). The number of para-hydroxylation sites is 1. The first-order chi connectivity index (χ1) is 9.41. The molecule has 1 atom stereocenters. The van der Waals surface area contributed by atoms with Crippen LogP contribution in [0.25, 0.3) is 0 Å². The van der Waals surface area contributed by atoms with Gasteiger partial charge >= 0.3 is 0 Å². The van der Waals surface area contributed by atoms with Gasteiger partial charge in [-0.25, -0.2) is 4.39 Å². The molecule has 20 heavy (non-hydrogen) atoms. The van der Waals surface area contributed by atoms with Crippen LogP contribution in [0, 0.1) is 5.82 Å². The third kappa shape index (κ3) is 2.52. The van der Waals surface area contributed by atoms with Gasteiger partial charge in [-0.3, -0.25) is 4.79 Å². The van der Waals surface area contributed by atoms with E-state index in [-0.39, 0.29) is 34.7 Å². The summed E-state index contributed by atoms with van der Waals surface area (Å²) in [6.45, 7) is 5.58. The van der Waals surface area contributed by atoms with Crippen molar-refractivity contribution >= 4 is 11.6 Å². The first-order valence-electron chi connectivity index (χ1n) is 6.32. The fraction of sp³-hybridized carbons (Fsp3) is 0.267. The number of hydrogen-bond donors (Lipinski definition) is 2. The summed E-state index contributed by atoms with van der Waals surface area (Å²) in [6.07, 6.45) is 0.357. The number of amides is 1. The molecule has 1 aliphatic rings. The number of rotatable bonds is 3. The number of benzene rings is 1. The van der Waals surface area contributed by atoms with Crippen molar-refractivity contribution in [3.05, 3.63) is 53.7 Å². The van der Waals surface area contributed by atoms with Gasteiger partial charge in [0.2, 0.25) is 0 Å². The molecule has 0 radical (unpaired) electrons. The Labute approximate surface area is 117 Å². The lowest BCUT2D eigenvalue weighted by Crippen LogP contribution is -2.41. The van der Waals surface area contributed by atoms with Gasteiger partial charge in [-0.05, 0) is 19.1 Å². The van der Waals surface area contributed by atoms with E-state index in [0.29, 0.717) is 6.42 Å². The van der Waals surface area contributed by atoms with Gasteiger partial charge in [-0.1, -0.05) is 18.7 Å². The predicted octanol–water partition coefficient (Wildman–Crippen LogP) is 2.81. The molecule has 106 valence electrons. The quantitative estimate of drug-likeness (QED) is 0.892. The highest BCUT2D eigenvalue weighted by Gasteiger charge is 2.31. The van der Waals surface area contributed by atoms with Crippen molar-refractivity contribution in [1.29, 1.82) is 0 Å². The number of halogens is 1. The minimum atomic E-state index is -0.446. The van der Waals surface area contributed by atoms with E-state index < -0.39 is 5.82 Å². The number of likely N-dealkylation sites (N-methyl/N-ethyl adjacent to an activating group) is 1. The maximum Gasteiger partial charge on any atom is 0.259 e. The lowest BCUT2D eigenvalue weighted by molar-refractivity contribution is -0.128. The second-order valence-electron chi connectivity index (χ2n) is 4.87. The van der Waals surface area contributed by atoms with Gasteiger partial charge in [0, 0.05) is 25.2 Å². The van der Waals surface area contributed by atoms with Gasteiger partial charge in [-0.2, -0.15) is 0 Å². The van der Waals surface area contributed by atoms with E-state index in [1.807, 2.05) is 6.92 Å². The number of aliphatic hydroxyl groups is 1. The highest BCUT2D eigenvalue weighted by Crippen LogP contribution is 2.27. The molecule has 1 aromatic carbocycles. The number of nitrogens with one attached hydrogen (secondary N) is 1. The standard InChI is InChI=1S/C15H17FN2O2/c1-9-8-13(19)14(15(20)18(9)3)10(2)17-12-7-5-4-6-11(12)16/h4-7,9,17,19H,2,8H2,1,3H3. The Balaban J connectivity index is 2.27. The lowest BCUT2D eigenvalue weighted by atomic mass is 9.99. The van der Waals surface area contributed by atoms with Gasteiger partial charge in [0.05, 0.1) is 11.3 Å². The Morgan fingerprint density at radius 2 is 2.15 bits per heavy atom. The smallest absolute Gasteiger partial charge is 0.259 e. The Bertz CT molecular complexity index is 595. The highest BCUT2D eigenvalue weighted by molar-refractivity contribution is 5.99. The summed E-state index contributed by atoms with van der Waals surface area (Å²) in [6, 6.07) is 6.01. The molecule has 1 aliphatic heterocycles. The van der Waals surface area contributed by atoms with E-state index in [1.54, 1.807) is 19.2 Å². The van der Waals surface area contributed by atoms with Crippen LogP contribution in [-0.2, 0) is 4.79 Å². The molecule has 0 aromatic heterocycles. The molecule has 0 aliphatic carbocycles. The van der Waals surface area contributed by atoms with Crippen molar-refractivity contribution < 1.29 is 14.3 Å². The van der Waals surface area contributed by atoms with Crippen molar-refractivity contribution in [2.75, 3.05) is 12.4 Å². The van der Waals surface area contributed by atoms with Gasteiger partial charge in [0.25, 0.3) is 5.91 Å². The third-order valence-corrected chi connectivity index (χ3v) is 3.43. The zero-order valence-corrected chi connectivity index (χ0v) is 11.5. The molecular weight excluding hydrogens is 259 g/mol. The van der Waals surface area contributed by atoms with Gasteiger partial charge in [0.1, 0.15) is 11.6 Å². The lowest BCUT2D eigenvalue weighted by Gasteiger charge is -2.31. The number of aliphatic hydroxyl groups excluding tert-OH is 1. The summed E-state index contributed by atoms with van der Waals surface area (Å²) in [5, 5.41) is 12.7. The van der Waals surface area contributed by atoms with Crippen molar-refractivity contribution in [3.63, 3.8) is 0 Å². The maximum absolute atomic E-state index is 13.6. The Morgan fingerprint density at radius 1 is 1.50 bits per heavy atom. The molecular formula is C15H17FN2O2. The molecule has 1 amide bonds. The number of anilines is 1. The summed E-state index contributed by atoms with van der Waals surface area (Å²) >= 11 is 0. The molecule has 0 saturated heterocycles. The van der Waals surface area contributed by atoms with Crippen LogP contribution in [0.5, 0.6) is 0 Å². The maximum atomic E-state index is 13.6. The van der Waals surface area contributed by atoms with Crippen LogP contribution < -0.4 is 5.32 Å². The van der Waals surface area contributed by atoms with E-state index in [9.17, 15) is 14.3 Å². The van der Waals surface area contributed by atoms with E-state index in [0.717, 1.165) is 0 Å². The number of nitrogens with zero attached hydrogens (tertiary/aromatic N) is 1. The van der Waals surface area contributed by atoms with Crippen LogP contribution >= 0.6 is 0 Å². The van der Waals surface area contributed by atoms with Crippen molar-refractivity contribution in [2.45, 2.75) is 19.4 Å². The normalized spacial score (nSPS) is 19.2. The van der Waals surface area contributed by atoms with Crippen LogP contribution in [0.3, 0.4) is 0 Å². The zero-order valence-electron chi connectivity index (χ0n) is 11.5. The van der Waals surface area contributed by atoms with Crippen LogP contribution in [0.2, 0.25) is 0 Å². The fourth-order valence-corrected chi connectivity index (χ4v) is 2.11. The molecule has 2 N–H and O–H groups in total. The minimum absolute atomic E-state index is 0.0190. The summed E-state index contributed by atoms with van der Waals surface area (Å²) < 4.78 is 13.6. The van der Waals surface area contributed by atoms with E-state index in [1.165, 1.54) is 17.0 Å². The number of carbonyl (C=O) groups excluding carboxylic acids is 1. The monoisotopic (exact) mass is 276 g/mol. The molecule has 1 aromatic rings. The van der Waals surface area contributed by atoms with Crippen LogP contribution in [0.15, 0.2) is 47.9 Å². The molecule has 0 bridgehead atoms. The van der Waals surface area contributed by atoms with Crippen molar-refractivity contribution in [3.8, 4) is 0 Å². The summed E-state index contributed by atoms with van der Waals surface area (Å²) in [5.74, 6) is -0.789. The summed E-state index contributed by atoms with van der Waals surface area (Å²) in [4.78, 5) is 13.7. The molecule has 0 fully saturated rings. The van der Waals surface area contributed by atoms with Crippen LogP contribution in [-0.4, -0.2) is 29.0 Å². The predicted molar refractivity (Wildman–Crippen MR) is 75.7 cm³/mol. The number of carbonyl (C=O) groups is 1. The third-order valence-electron chi connectivity index (χ3n) is 3.43. The first kappa shape index (κ1) is 14.1. The fourth-order valence-electron chi connectivity index (χ4n) is 2.11. The van der Waals surface area contributed by atoms with E-state index in [4.69, 9.17) is 0 Å². The van der Waals surface area contributed by atoms with Crippen molar-refractivity contribution in [1.82, 2.24) is 4.90 Å². The molecule has 0 saturated carbocycles. The average Bonchev–Trinajstić information content (AvgIpc) is 2.39. The summed E-state index contributed by atoms with van der Waals surface area (Å²) in [7, 11) is 1.66. The number of hydrogen-bond acceptors (Lipinski definition) is 3. The Kier molecular flexibility index (Phi) is 3.79. The average molecular weight is 276 g/mol. The second kappa shape index (κ2) is 5.36. The molecule has 1 heterocycles. The minimum Gasteiger partial charge on any atom is -0.511 e. The van der Waals surface area contributed by atoms with Crippen LogP contribution in [0.1, 0.15) is 13.3 Å². The first-order valence-corrected chi connectivity index (χ1v) is 6.32. The molecule has 4 nitrogen and oxygen atoms in total. The Hall–Kier alpha value is -2.30. The van der Waals surface area contributed by atoms with Crippen LogP contribution in [0.4, 0.5) is 10.1 Å². The van der Waals surface area contributed by atoms with Crippen molar-refractivity contribution in [2.24, 2.45) is 0 Å². The second-order valence-corrected chi connectivity index (χ2v) is 4.87. The SMILES string of the molecule is C=C(Nc1ccccc1F)C1=C(O)CC(C)N(C)C1=O. The van der Waals surface area contributed by atoms with Gasteiger partial charge in [0.15, 0.2) is 0 Å². The molecule has 5 heteroatoms. The van der Waals surface area contributed by atoms with E-state index in [2.05, 4.69) is 11.9 Å². The highest BCUT2D eigenvalue weighted by atomic mass is 19.1. The molecule has 1 unspecified atom stereocenters. The largest absolute Gasteiger partial charge is 0.511 e. The topological polar surface area (TPSA) is 52.6 Å². The summed E-state index contributed by atoms with van der Waals surface area (Å²) in [5.41, 5.74) is 0.511. The zero-order chi connectivity index (χ0) is 14.9. The van der Waals surface area contributed by atoms with Gasteiger partial charge < -0.3 is 15.3 Å².